The van der Waals surface area contributed by atoms with Crippen LogP contribution in [0.15, 0.2) is 35.1 Å². The van der Waals surface area contributed by atoms with E-state index in [0.717, 1.165) is 28.1 Å². The highest BCUT2D eigenvalue weighted by atomic mass is 32.1. The summed E-state index contributed by atoms with van der Waals surface area (Å²) in [5, 5.41) is 0.664. The molecule has 5 nitrogen and oxygen atoms in total. The van der Waals surface area contributed by atoms with Crippen molar-refractivity contribution >= 4 is 27.5 Å². The van der Waals surface area contributed by atoms with E-state index in [1.807, 2.05) is 39.0 Å². The van der Waals surface area contributed by atoms with Crippen molar-refractivity contribution in [2.24, 2.45) is 0 Å². The number of carbonyl (C=O) groups excluding carboxylic acids is 1. The summed E-state index contributed by atoms with van der Waals surface area (Å²) >= 11 is 1.53. The molecule has 0 aliphatic carbocycles. The molecular formula is C21H25N3O2S. The predicted molar refractivity (Wildman–Crippen MR) is 110 cm³/mol. The largest absolute Gasteiger partial charge is 0.335 e. The van der Waals surface area contributed by atoms with Crippen LogP contribution in [-0.4, -0.2) is 27.3 Å². The molecule has 2 heterocycles. The number of hydrogen-bond acceptors (Lipinski definition) is 4. The molecule has 27 heavy (non-hydrogen) atoms. The van der Waals surface area contributed by atoms with Gasteiger partial charge in [0.05, 0.1) is 11.9 Å². The van der Waals surface area contributed by atoms with Gasteiger partial charge in [-0.25, -0.2) is 4.98 Å². The van der Waals surface area contributed by atoms with Gasteiger partial charge >= 0.3 is 0 Å². The molecule has 6 heteroatoms. The van der Waals surface area contributed by atoms with Gasteiger partial charge < -0.3 is 9.88 Å². The van der Waals surface area contributed by atoms with Crippen LogP contribution in [0.3, 0.4) is 0 Å². The van der Waals surface area contributed by atoms with Gasteiger partial charge in [-0.1, -0.05) is 37.3 Å². The smallest absolute Gasteiger partial charge is 0.259 e. The Morgan fingerprint density at radius 3 is 2.67 bits per heavy atom. The third-order valence-corrected chi connectivity index (χ3v) is 5.86. The number of nitrogens with zero attached hydrogens (tertiary/aromatic N) is 2. The minimum Gasteiger partial charge on any atom is -0.335 e. The Bertz CT molecular complexity index is 992. The van der Waals surface area contributed by atoms with E-state index in [-0.39, 0.29) is 11.5 Å². The van der Waals surface area contributed by atoms with Crippen molar-refractivity contribution in [3.8, 4) is 0 Å². The number of benzene rings is 1. The van der Waals surface area contributed by atoms with Gasteiger partial charge in [0.2, 0.25) is 5.91 Å². The number of aryl methyl sites for hydroxylation is 2. The zero-order valence-electron chi connectivity index (χ0n) is 16.0. The summed E-state index contributed by atoms with van der Waals surface area (Å²) in [6, 6.07) is 10.1. The molecule has 0 bridgehead atoms. The minimum atomic E-state index is -0.122. The highest BCUT2D eigenvalue weighted by molar-refractivity contribution is 7.18. The van der Waals surface area contributed by atoms with E-state index in [4.69, 9.17) is 0 Å². The molecular weight excluding hydrogens is 358 g/mol. The highest BCUT2D eigenvalue weighted by Gasteiger charge is 2.17. The van der Waals surface area contributed by atoms with Crippen LogP contribution in [0.1, 0.15) is 41.6 Å². The van der Waals surface area contributed by atoms with Crippen LogP contribution in [-0.2, 0) is 17.8 Å². The van der Waals surface area contributed by atoms with Gasteiger partial charge in [-0.3, -0.25) is 9.59 Å². The average Bonchev–Trinajstić information content (AvgIpc) is 2.94. The SMILES string of the molecule is CCCC(=O)N(CCc1ccccc1)Cc1nc2sc(C)c(C)c2c(=O)[nH]1. The van der Waals surface area contributed by atoms with Crippen LogP contribution >= 0.6 is 11.3 Å². The fourth-order valence-corrected chi connectivity index (χ4v) is 4.18. The van der Waals surface area contributed by atoms with Crippen LogP contribution in [0.25, 0.3) is 10.2 Å². The van der Waals surface area contributed by atoms with Gasteiger partial charge in [0.25, 0.3) is 5.56 Å². The van der Waals surface area contributed by atoms with Gasteiger partial charge in [0, 0.05) is 17.8 Å². The number of rotatable bonds is 7. The maximum Gasteiger partial charge on any atom is 0.259 e. The average molecular weight is 384 g/mol. The Hall–Kier alpha value is -2.47. The molecule has 0 radical (unpaired) electrons. The molecule has 0 saturated heterocycles. The quantitative estimate of drug-likeness (QED) is 0.671. The molecule has 3 aromatic rings. The molecule has 3 rings (SSSR count). The van der Waals surface area contributed by atoms with E-state index >= 15 is 0 Å². The van der Waals surface area contributed by atoms with Crippen molar-refractivity contribution in [2.45, 2.75) is 46.6 Å². The summed E-state index contributed by atoms with van der Waals surface area (Å²) < 4.78 is 0. The van der Waals surface area contributed by atoms with Crippen molar-refractivity contribution in [2.75, 3.05) is 6.54 Å². The van der Waals surface area contributed by atoms with E-state index in [2.05, 4.69) is 22.1 Å². The van der Waals surface area contributed by atoms with E-state index in [1.54, 1.807) is 4.90 Å². The first kappa shape index (κ1) is 19.3. The number of aromatic amines is 1. The fourth-order valence-electron chi connectivity index (χ4n) is 3.13. The van der Waals surface area contributed by atoms with Crippen molar-refractivity contribution in [3.63, 3.8) is 0 Å². The number of amides is 1. The Morgan fingerprint density at radius 1 is 1.22 bits per heavy atom. The zero-order valence-corrected chi connectivity index (χ0v) is 16.9. The lowest BCUT2D eigenvalue weighted by Gasteiger charge is -2.22. The normalized spacial score (nSPS) is 11.1. The molecule has 2 aromatic heterocycles. The predicted octanol–water partition coefficient (Wildman–Crippen LogP) is 3.97. The lowest BCUT2D eigenvalue weighted by atomic mass is 10.1. The maximum atomic E-state index is 12.6. The highest BCUT2D eigenvalue weighted by Crippen LogP contribution is 2.25. The Labute approximate surface area is 163 Å². The van der Waals surface area contributed by atoms with Crippen LogP contribution in [0, 0.1) is 13.8 Å². The summed E-state index contributed by atoms with van der Waals surface area (Å²) in [6.07, 6.45) is 2.07. The second-order valence-electron chi connectivity index (χ2n) is 6.78. The zero-order chi connectivity index (χ0) is 19.4. The number of fused-ring (bicyclic) bond motifs is 1. The van der Waals surface area contributed by atoms with Crippen LogP contribution in [0.5, 0.6) is 0 Å². The topological polar surface area (TPSA) is 66.1 Å². The third-order valence-electron chi connectivity index (χ3n) is 4.76. The molecule has 1 aromatic carbocycles. The van der Waals surface area contributed by atoms with Crippen molar-refractivity contribution in [3.05, 3.63) is 62.5 Å². The Kier molecular flexibility index (Phi) is 6.06. The van der Waals surface area contributed by atoms with Crippen LogP contribution < -0.4 is 5.56 Å². The van der Waals surface area contributed by atoms with Crippen LogP contribution in [0.2, 0.25) is 0 Å². The number of thiophene rings is 1. The molecule has 0 saturated carbocycles. The van der Waals surface area contributed by atoms with E-state index < -0.39 is 0 Å². The molecule has 1 amide bonds. The summed E-state index contributed by atoms with van der Waals surface area (Å²) in [6.45, 7) is 6.87. The number of aromatic nitrogens is 2. The van der Waals surface area contributed by atoms with Gasteiger partial charge in [0.15, 0.2) is 0 Å². The van der Waals surface area contributed by atoms with E-state index in [9.17, 15) is 9.59 Å². The molecule has 0 fully saturated rings. The molecule has 0 unspecified atom stereocenters. The first-order valence-corrected chi connectivity index (χ1v) is 10.1. The van der Waals surface area contributed by atoms with Crippen molar-refractivity contribution in [1.82, 2.24) is 14.9 Å². The number of hydrogen-bond donors (Lipinski definition) is 1. The standard InChI is InChI=1S/C21H25N3O2S/c1-4-8-18(25)24(12-11-16-9-6-5-7-10-16)13-17-22-20(26)19-14(2)15(3)27-21(19)23-17/h5-7,9-10H,4,8,11-13H2,1-3H3,(H,22,23,26). The lowest BCUT2D eigenvalue weighted by molar-refractivity contribution is -0.131. The molecule has 0 atom stereocenters. The third kappa shape index (κ3) is 4.45. The summed E-state index contributed by atoms with van der Waals surface area (Å²) in [4.78, 5) is 36.2. The monoisotopic (exact) mass is 383 g/mol. The second-order valence-corrected chi connectivity index (χ2v) is 7.98. The summed E-state index contributed by atoms with van der Waals surface area (Å²) in [7, 11) is 0. The second kappa shape index (κ2) is 8.48. The molecule has 0 spiro atoms. The molecule has 142 valence electrons. The van der Waals surface area contributed by atoms with Gasteiger partial charge in [-0.15, -0.1) is 11.3 Å². The summed E-state index contributed by atoms with van der Waals surface area (Å²) in [5.74, 6) is 0.640. The van der Waals surface area contributed by atoms with E-state index in [1.165, 1.54) is 16.9 Å². The summed E-state index contributed by atoms with van der Waals surface area (Å²) in [5.41, 5.74) is 2.05. The van der Waals surface area contributed by atoms with Gasteiger partial charge in [-0.2, -0.15) is 0 Å². The number of carbonyl (C=O) groups is 1. The van der Waals surface area contributed by atoms with Crippen molar-refractivity contribution < 1.29 is 4.79 Å². The molecule has 0 aliphatic heterocycles. The fraction of sp³-hybridized carbons (Fsp3) is 0.381. The van der Waals surface area contributed by atoms with Gasteiger partial charge in [-0.05, 0) is 37.8 Å². The number of H-pyrrole nitrogens is 1. The Morgan fingerprint density at radius 2 is 1.96 bits per heavy atom. The lowest BCUT2D eigenvalue weighted by Crippen LogP contribution is -2.33. The maximum absolute atomic E-state index is 12.6. The first-order valence-electron chi connectivity index (χ1n) is 9.30. The molecule has 0 aliphatic rings. The number of nitrogens with one attached hydrogen (secondary N) is 1. The Balaban J connectivity index is 1.83. The molecule has 1 N–H and O–H groups in total. The van der Waals surface area contributed by atoms with Gasteiger partial charge in [0.1, 0.15) is 10.7 Å². The van der Waals surface area contributed by atoms with Crippen LogP contribution in [0.4, 0.5) is 0 Å². The van der Waals surface area contributed by atoms with E-state index in [0.29, 0.717) is 30.7 Å². The first-order chi connectivity index (χ1) is 13.0. The minimum absolute atomic E-state index is 0.0923. The van der Waals surface area contributed by atoms with Crippen molar-refractivity contribution in [1.29, 1.82) is 0 Å².